The molecule has 0 bridgehead atoms. The van der Waals surface area contributed by atoms with Gasteiger partial charge >= 0.3 is 0 Å². The normalized spacial score (nSPS) is 11.9. The van der Waals surface area contributed by atoms with E-state index in [4.69, 9.17) is 23.8 Å². The maximum Gasteiger partial charge on any atom is 0.167 e. The Kier molecular flexibility index (Phi) is 6.83. The van der Waals surface area contributed by atoms with Gasteiger partial charge in [0.25, 0.3) is 0 Å². The maximum absolute atomic E-state index is 7.07. The largest absolute Gasteiger partial charge is 0.456 e. The number of hydrogen-bond donors (Lipinski definition) is 0. The van der Waals surface area contributed by atoms with Crippen LogP contribution in [0.2, 0.25) is 0 Å². The van der Waals surface area contributed by atoms with E-state index in [1.807, 2.05) is 48.5 Å². The van der Waals surface area contributed by atoms with Crippen LogP contribution in [0, 0.1) is 0 Å². The van der Waals surface area contributed by atoms with Crippen molar-refractivity contribution in [1.82, 2.24) is 19.5 Å². The van der Waals surface area contributed by atoms with Gasteiger partial charge in [0.05, 0.1) is 16.6 Å². The second-order valence-electron chi connectivity index (χ2n) is 14.4. The van der Waals surface area contributed by atoms with Gasteiger partial charge in [-0.15, -0.1) is 0 Å². The lowest BCUT2D eigenvalue weighted by Gasteiger charge is -2.10. The molecule has 57 heavy (non-hydrogen) atoms. The Hall–Kier alpha value is -7.83. The summed E-state index contributed by atoms with van der Waals surface area (Å²) in [6.07, 6.45) is 0. The van der Waals surface area contributed by atoms with Gasteiger partial charge in [0.15, 0.2) is 23.1 Å². The van der Waals surface area contributed by atoms with Crippen LogP contribution in [0.3, 0.4) is 0 Å². The molecule has 0 saturated carbocycles. The molecule has 0 spiro atoms. The second kappa shape index (κ2) is 12.3. The standard InChI is InChI=1S/C51H30N4O2/c1-3-13-31(14-4-1)32-15-11-16-33(29-32)49-52-50(34-25-28-45-42(30-34)37-20-8-10-24-44(37)56-45)54-51(53-49)41-22-12-21-39-40-27-26-38-36-19-7-9-23-43(36)55(35-17-5-2-6-18-35)46(38)48(40)57-47(39)41/h1-30H. The van der Waals surface area contributed by atoms with E-state index in [9.17, 15) is 0 Å². The van der Waals surface area contributed by atoms with Crippen LogP contribution >= 0.6 is 0 Å². The third-order valence-corrected chi connectivity index (χ3v) is 11.1. The predicted octanol–water partition coefficient (Wildman–Crippen LogP) is 13.4. The van der Waals surface area contributed by atoms with Crippen molar-refractivity contribution in [3.63, 3.8) is 0 Å². The summed E-state index contributed by atoms with van der Waals surface area (Å²) in [5, 5.41) is 6.39. The molecule has 0 aliphatic heterocycles. The summed E-state index contributed by atoms with van der Waals surface area (Å²) in [5.41, 5.74) is 11.2. The van der Waals surface area contributed by atoms with Gasteiger partial charge in [-0.1, -0.05) is 121 Å². The van der Waals surface area contributed by atoms with Crippen molar-refractivity contribution < 1.29 is 8.83 Å². The average Bonchev–Trinajstić information content (AvgIpc) is 3.96. The molecule has 4 aromatic heterocycles. The van der Waals surface area contributed by atoms with Crippen LogP contribution in [0.1, 0.15) is 0 Å². The van der Waals surface area contributed by atoms with Gasteiger partial charge in [0.1, 0.15) is 16.7 Å². The molecule has 12 aromatic rings. The zero-order chi connectivity index (χ0) is 37.5. The molecule has 6 nitrogen and oxygen atoms in total. The fourth-order valence-corrected chi connectivity index (χ4v) is 8.41. The predicted molar refractivity (Wildman–Crippen MR) is 230 cm³/mol. The highest BCUT2D eigenvalue weighted by atomic mass is 16.3. The fraction of sp³-hybridized carbons (Fsp3) is 0. The first kappa shape index (κ1) is 31.5. The summed E-state index contributed by atoms with van der Waals surface area (Å²) >= 11 is 0. The van der Waals surface area contributed by atoms with E-state index in [2.05, 4.69) is 138 Å². The maximum atomic E-state index is 7.07. The molecule has 0 atom stereocenters. The number of rotatable bonds is 5. The molecule has 8 aromatic carbocycles. The zero-order valence-corrected chi connectivity index (χ0v) is 30.4. The lowest BCUT2D eigenvalue weighted by molar-refractivity contribution is 0.669. The molecule has 4 heterocycles. The van der Waals surface area contributed by atoms with Crippen LogP contribution in [0.5, 0.6) is 0 Å². The van der Waals surface area contributed by atoms with E-state index < -0.39 is 0 Å². The first-order chi connectivity index (χ1) is 28.2. The summed E-state index contributed by atoms with van der Waals surface area (Å²) in [6.45, 7) is 0. The Morgan fingerprint density at radius 3 is 1.82 bits per heavy atom. The minimum absolute atomic E-state index is 0.529. The van der Waals surface area contributed by atoms with Crippen LogP contribution in [0.4, 0.5) is 0 Å². The van der Waals surface area contributed by atoms with Crippen LogP contribution in [0.25, 0.3) is 117 Å². The SMILES string of the molecule is c1ccc(-c2cccc(-c3nc(-c4ccc5oc6ccccc6c5c4)nc(-c4cccc5c4oc4c5ccc5c6ccccc6n(-c6ccccc6)c54)n3)c2)cc1. The van der Waals surface area contributed by atoms with E-state index in [1.165, 1.54) is 5.39 Å². The van der Waals surface area contributed by atoms with Gasteiger partial charge < -0.3 is 13.4 Å². The van der Waals surface area contributed by atoms with Crippen LogP contribution in [0.15, 0.2) is 191 Å². The van der Waals surface area contributed by atoms with Crippen LogP contribution in [-0.2, 0) is 0 Å². The summed E-state index contributed by atoms with van der Waals surface area (Å²) in [4.78, 5) is 15.6. The number of fused-ring (bicyclic) bond motifs is 10. The van der Waals surface area contributed by atoms with Crippen molar-refractivity contribution in [2.75, 3.05) is 0 Å². The molecule has 0 amide bonds. The Bertz CT molecular complexity index is 3530. The summed E-state index contributed by atoms with van der Waals surface area (Å²) in [5.74, 6) is 1.67. The van der Waals surface area contributed by atoms with Gasteiger partial charge in [-0.3, -0.25) is 0 Å². The van der Waals surface area contributed by atoms with Crippen molar-refractivity contribution in [3.8, 4) is 51.0 Å². The minimum Gasteiger partial charge on any atom is -0.456 e. The van der Waals surface area contributed by atoms with Crippen molar-refractivity contribution in [1.29, 1.82) is 0 Å². The lowest BCUT2D eigenvalue weighted by Crippen LogP contribution is -2.00. The molecule has 0 aliphatic carbocycles. The molecular weight excluding hydrogens is 701 g/mol. The first-order valence-electron chi connectivity index (χ1n) is 19.0. The van der Waals surface area contributed by atoms with Crippen LogP contribution < -0.4 is 0 Å². The first-order valence-corrected chi connectivity index (χ1v) is 19.0. The van der Waals surface area contributed by atoms with E-state index in [-0.39, 0.29) is 0 Å². The average molecular weight is 731 g/mol. The Morgan fingerprint density at radius 1 is 0.351 bits per heavy atom. The highest BCUT2D eigenvalue weighted by Crippen LogP contribution is 2.43. The molecule has 12 rings (SSSR count). The number of furan rings is 2. The third-order valence-electron chi connectivity index (χ3n) is 11.1. The van der Waals surface area contributed by atoms with Crippen molar-refractivity contribution in [3.05, 3.63) is 182 Å². The van der Waals surface area contributed by atoms with E-state index in [0.717, 1.165) is 93.8 Å². The molecule has 266 valence electrons. The van der Waals surface area contributed by atoms with Gasteiger partial charge in [-0.25, -0.2) is 15.0 Å². The number of para-hydroxylation sites is 4. The number of hydrogen-bond acceptors (Lipinski definition) is 5. The summed E-state index contributed by atoms with van der Waals surface area (Å²) in [7, 11) is 0. The fourth-order valence-electron chi connectivity index (χ4n) is 8.41. The van der Waals surface area contributed by atoms with E-state index >= 15 is 0 Å². The second-order valence-corrected chi connectivity index (χ2v) is 14.4. The quantitative estimate of drug-likeness (QED) is 0.176. The summed E-state index contributed by atoms with van der Waals surface area (Å²) < 4.78 is 15.6. The monoisotopic (exact) mass is 730 g/mol. The van der Waals surface area contributed by atoms with Gasteiger partial charge in [0.2, 0.25) is 0 Å². The molecule has 0 radical (unpaired) electrons. The molecule has 0 N–H and O–H groups in total. The van der Waals surface area contributed by atoms with E-state index in [1.54, 1.807) is 0 Å². The van der Waals surface area contributed by atoms with Crippen LogP contribution in [-0.4, -0.2) is 19.5 Å². The number of nitrogens with zero attached hydrogens (tertiary/aromatic N) is 4. The molecular formula is C51H30N4O2. The Morgan fingerprint density at radius 2 is 0.965 bits per heavy atom. The van der Waals surface area contributed by atoms with E-state index in [0.29, 0.717) is 17.5 Å². The molecule has 0 saturated heterocycles. The van der Waals surface area contributed by atoms with Crippen molar-refractivity contribution in [2.45, 2.75) is 0 Å². The minimum atomic E-state index is 0.529. The smallest absolute Gasteiger partial charge is 0.167 e. The highest BCUT2D eigenvalue weighted by molar-refractivity contribution is 6.22. The highest BCUT2D eigenvalue weighted by Gasteiger charge is 2.22. The third kappa shape index (κ3) is 4.94. The molecule has 0 unspecified atom stereocenters. The number of benzene rings is 8. The Labute approximate surface area is 325 Å². The topological polar surface area (TPSA) is 69.9 Å². The zero-order valence-electron chi connectivity index (χ0n) is 30.4. The Balaban J connectivity index is 1.11. The van der Waals surface area contributed by atoms with Gasteiger partial charge in [-0.2, -0.15) is 0 Å². The van der Waals surface area contributed by atoms with Crippen molar-refractivity contribution >= 4 is 65.7 Å². The van der Waals surface area contributed by atoms with Crippen molar-refractivity contribution in [2.24, 2.45) is 0 Å². The molecule has 6 heteroatoms. The van der Waals surface area contributed by atoms with Gasteiger partial charge in [0, 0.05) is 49.1 Å². The molecule has 0 aliphatic rings. The number of aromatic nitrogens is 4. The lowest BCUT2D eigenvalue weighted by atomic mass is 10.0. The van der Waals surface area contributed by atoms with Gasteiger partial charge in [-0.05, 0) is 71.8 Å². The molecule has 0 fully saturated rings. The summed E-state index contributed by atoms with van der Waals surface area (Å²) in [6, 6.07) is 62.6.